The van der Waals surface area contributed by atoms with Crippen LogP contribution in [0.5, 0.6) is 0 Å². The molecule has 0 spiro atoms. The van der Waals surface area contributed by atoms with Crippen molar-refractivity contribution < 1.29 is 17.6 Å². The Morgan fingerprint density at radius 3 is 2.38 bits per heavy atom. The summed E-state index contributed by atoms with van der Waals surface area (Å²) in [5.74, 6) is 0. The highest BCUT2D eigenvalue weighted by Gasteiger charge is 2.20. The lowest BCUT2D eigenvalue weighted by atomic mass is 10.0. The van der Waals surface area contributed by atoms with Crippen molar-refractivity contribution in [2.24, 2.45) is 0 Å². The summed E-state index contributed by atoms with van der Waals surface area (Å²) >= 11 is 1.40. The minimum Gasteiger partial charge on any atom is -0.246 e. The number of hydrogen-bond donors (Lipinski definition) is 0. The molecule has 0 aliphatic heterocycles. The Labute approximate surface area is 121 Å². The number of halogens is 4. The van der Waals surface area contributed by atoms with Crippen molar-refractivity contribution in [3.8, 4) is 10.4 Å². The van der Waals surface area contributed by atoms with Gasteiger partial charge in [-0.1, -0.05) is 24.3 Å². The molecule has 0 unspecified atom stereocenters. The molecule has 0 amide bonds. The molecule has 0 atom stereocenters. The topological polar surface area (TPSA) is 12.9 Å². The van der Waals surface area contributed by atoms with E-state index in [1.54, 1.807) is 18.2 Å². The highest BCUT2D eigenvalue weighted by atomic mass is 32.1. The Hall–Kier alpha value is -1.95. The number of benzene rings is 1. The van der Waals surface area contributed by atoms with E-state index in [-0.39, 0.29) is 10.9 Å². The standard InChI is InChI=1S/C15H9F4NS/c16-14(17)10-7-11(15(18)19)20-13-8(10)3-1-4-9(13)12-5-2-6-21-12/h1-7,14-15H. The molecule has 108 valence electrons. The molecule has 0 aliphatic rings. The second-order valence-corrected chi connectivity index (χ2v) is 5.36. The van der Waals surface area contributed by atoms with Gasteiger partial charge in [0, 0.05) is 21.4 Å². The van der Waals surface area contributed by atoms with E-state index in [1.165, 1.54) is 17.4 Å². The van der Waals surface area contributed by atoms with Crippen LogP contribution >= 0.6 is 11.3 Å². The van der Waals surface area contributed by atoms with Crippen molar-refractivity contribution >= 4 is 22.2 Å². The molecule has 0 fully saturated rings. The van der Waals surface area contributed by atoms with Crippen LogP contribution in [0.1, 0.15) is 24.1 Å². The molecule has 0 saturated heterocycles. The largest absolute Gasteiger partial charge is 0.280 e. The second-order valence-electron chi connectivity index (χ2n) is 4.42. The fourth-order valence-corrected chi connectivity index (χ4v) is 2.97. The normalized spacial score (nSPS) is 11.7. The average Bonchev–Trinajstić information content (AvgIpc) is 2.99. The number of hydrogen-bond acceptors (Lipinski definition) is 2. The van der Waals surface area contributed by atoms with Crippen LogP contribution in [0.25, 0.3) is 21.3 Å². The van der Waals surface area contributed by atoms with Crippen molar-refractivity contribution in [3.63, 3.8) is 0 Å². The van der Waals surface area contributed by atoms with Crippen molar-refractivity contribution in [2.75, 3.05) is 0 Å². The molecule has 21 heavy (non-hydrogen) atoms. The number of fused-ring (bicyclic) bond motifs is 1. The number of para-hydroxylation sites is 1. The molecule has 0 N–H and O–H groups in total. The molecule has 3 rings (SSSR count). The first-order valence-electron chi connectivity index (χ1n) is 6.11. The number of aromatic nitrogens is 1. The van der Waals surface area contributed by atoms with Crippen LogP contribution in [0.3, 0.4) is 0 Å². The van der Waals surface area contributed by atoms with E-state index in [2.05, 4.69) is 4.98 Å². The number of pyridine rings is 1. The molecule has 0 bridgehead atoms. The van der Waals surface area contributed by atoms with Gasteiger partial charge in [-0.3, -0.25) is 0 Å². The summed E-state index contributed by atoms with van der Waals surface area (Å²) in [6.07, 6.45) is -5.71. The van der Waals surface area contributed by atoms with Gasteiger partial charge in [0.25, 0.3) is 12.9 Å². The van der Waals surface area contributed by atoms with Crippen molar-refractivity contribution in [1.82, 2.24) is 4.98 Å². The summed E-state index contributed by atoms with van der Waals surface area (Å²) < 4.78 is 52.1. The van der Waals surface area contributed by atoms with E-state index < -0.39 is 24.1 Å². The van der Waals surface area contributed by atoms with Crippen LogP contribution in [0.4, 0.5) is 17.6 Å². The molecule has 0 aliphatic carbocycles. The lowest BCUT2D eigenvalue weighted by Gasteiger charge is -2.11. The average molecular weight is 311 g/mol. The van der Waals surface area contributed by atoms with E-state index in [0.717, 1.165) is 10.9 Å². The minimum absolute atomic E-state index is 0.188. The van der Waals surface area contributed by atoms with Crippen molar-refractivity contribution in [1.29, 1.82) is 0 Å². The first kappa shape index (κ1) is 14.0. The summed E-state index contributed by atoms with van der Waals surface area (Å²) in [7, 11) is 0. The number of alkyl halides is 4. The van der Waals surface area contributed by atoms with E-state index >= 15 is 0 Å². The molecule has 0 saturated carbocycles. The summed E-state index contributed by atoms with van der Waals surface area (Å²) in [5, 5.41) is 2.04. The van der Waals surface area contributed by atoms with Crippen LogP contribution in [-0.4, -0.2) is 4.98 Å². The van der Waals surface area contributed by atoms with E-state index in [9.17, 15) is 17.6 Å². The Morgan fingerprint density at radius 2 is 1.76 bits per heavy atom. The first-order chi connectivity index (χ1) is 10.1. The molecule has 6 heteroatoms. The van der Waals surface area contributed by atoms with E-state index in [4.69, 9.17) is 0 Å². The van der Waals surface area contributed by atoms with Gasteiger partial charge in [0.15, 0.2) is 0 Å². The molecular formula is C15H9F4NS. The maximum Gasteiger partial charge on any atom is 0.280 e. The van der Waals surface area contributed by atoms with Crippen LogP contribution in [0.15, 0.2) is 41.8 Å². The zero-order valence-electron chi connectivity index (χ0n) is 10.6. The molecule has 1 nitrogen and oxygen atoms in total. The lowest BCUT2D eigenvalue weighted by molar-refractivity contribution is 0.141. The van der Waals surface area contributed by atoms with Crippen LogP contribution in [0.2, 0.25) is 0 Å². The quantitative estimate of drug-likeness (QED) is 0.554. The molecule has 1 aromatic carbocycles. The molecule has 0 radical (unpaired) electrons. The smallest absolute Gasteiger partial charge is 0.246 e. The molecule has 2 aromatic heterocycles. The van der Waals surface area contributed by atoms with E-state index in [1.807, 2.05) is 11.4 Å². The summed E-state index contributed by atoms with van der Waals surface area (Å²) in [4.78, 5) is 4.70. The van der Waals surface area contributed by atoms with Gasteiger partial charge >= 0.3 is 0 Å². The van der Waals surface area contributed by atoms with Gasteiger partial charge in [0.2, 0.25) is 0 Å². The fraction of sp³-hybridized carbons (Fsp3) is 0.133. The Balaban J connectivity index is 2.36. The van der Waals surface area contributed by atoms with Crippen LogP contribution < -0.4 is 0 Å². The Kier molecular flexibility index (Phi) is 3.63. The third-order valence-corrected chi connectivity index (χ3v) is 4.04. The van der Waals surface area contributed by atoms with Crippen LogP contribution in [0, 0.1) is 0 Å². The van der Waals surface area contributed by atoms with E-state index in [0.29, 0.717) is 5.56 Å². The Morgan fingerprint density at radius 1 is 0.952 bits per heavy atom. The monoisotopic (exact) mass is 311 g/mol. The number of nitrogens with zero attached hydrogens (tertiary/aromatic N) is 1. The summed E-state index contributed by atoms with van der Waals surface area (Å²) in [6.45, 7) is 0. The maximum atomic E-state index is 13.1. The predicted molar refractivity (Wildman–Crippen MR) is 75.0 cm³/mol. The van der Waals surface area contributed by atoms with Gasteiger partial charge in [0.05, 0.1) is 5.52 Å². The fourth-order valence-electron chi connectivity index (χ4n) is 2.22. The number of thiophene rings is 1. The van der Waals surface area contributed by atoms with Gasteiger partial charge in [0.1, 0.15) is 5.69 Å². The van der Waals surface area contributed by atoms with Gasteiger partial charge in [-0.2, -0.15) is 0 Å². The second kappa shape index (κ2) is 5.44. The maximum absolute atomic E-state index is 13.1. The van der Waals surface area contributed by atoms with Crippen LogP contribution in [-0.2, 0) is 0 Å². The zero-order chi connectivity index (χ0) is 15.0. The molecule has 3 aromatic rings. The zero-order valence-corrected chi connectivity index (χ0v) is 11.4. The SMILES string of the molecule is FC(F)c1cc(C(F)F)c2cccc(-c3cccs3)c2n1. The summed E-state index contributed by atoms with van der Waals surface area (Å²) in [6, 6.07) is 9.22. The van der Waals surface area contributed by atoms with Gasteiger partial charge in [-0.05, 0) is 17.5 Å². The number of rotatable bonds is 3. The predicted octanol–water partition coefficient (Wildman–Crippen LogP) is 5.84. The summed E-state index contributed by atoms with van der Waals surface area (Å²) in [5.41, 5.74) is -0.254. The highest BCUT2D eigenvalue weighted by Crippen LogP contribution is 2.36. The van der Waals surface area contributed by atoms with Gasteiger partial charge < -0.3 is 0 Å². The molecule has 2 heterocycles. The van der Waals surface area contributed by atoms with Gasteiger partial charge in [-0.15, -0.1) is 11.3 Å². The van der Waals surface area contributed by atoms with Gasteiger partial charge in [-0.25, -0.2) is 22.5 Å². The Bertz CT molecular complexity index is 769. The highest BCUT2D eigenvalue weighted by molar-refractivity contribution is 7.13. The minimum atomic E-state index is -2.89. The lowest BCUT2D eigenvalue weighted by Crippen LogP contribution is -1.98. The third-order valence-electron chi connectivity index (χ3n) is 3.14. The van der Waals surface area contributed by atoms with Crippen molar-refractivity contribution in [3.05, 3.63) is 53.0 Å². The first-order valence-corrected chi connectivity index (χ1v) is 6.99. The molecular weight excluding hydrogens is 302 g/mol. The van der Waals surface area contributed by atoms with Crippen molar-refractivity contribution in [2.45, 2.75) is 12.9 Å². The third kappa shape index (κ3) is 2.51.